The highest BCUT2D eigenvalue weighted by atomic mass is 32.2. The van der Waals surface area contributed by atoms with Gasteiger partial charge in [-0.1, -0.05) is 18.2 Å². The van der Waals surface area contributed by atoms with Crippen molar-refractivity contribution in [1.82, 2.24) is 0 Å². The molecule has 0 amide bonds. The van der Waals surface area contributed by atoms with Crippen molar-refractivity contribution in [2.24, 2.45) is 0 Å². The number of ether oxygens (including phenoxy) is 2. The molecule has 3 nitrogen and oxygen atoms in total. The largest absolute Gasteiger partial charge is 0.497 e. The summed E-state index contributed by atoms with van der Waals surface area (Å²) in [5.74, 6) is 1.22. The number of thioether (sulfide) groups is 1. The standard InChI is InChI=1S/C15H14O3S/c1-17-12-8-11(9-13(10-12)18-2)15(16)19-14-6-4-3-5-7-14/h3-10H,1-2H3. The van der Waals surface area contributed by atoms with Crippen LogP contribution in [0, 0.1) is 0 Å². The summed E-state index contributed by atoms with van der Waals surface area (Å²) in [7, 11) is 3.13. The zero-order valence-electron chi connectivity index (χ0n) is 10.8. The fourth-order valence-corrected chi connectivity index (χ4v) is 2.32. The first-order valence-electron chi connectivity index (χ1n) is 5.73. The highest BCUT2D eigenvalue weighted by Gasteiger charge is 2.11. The number of carbonyl (C=O) groups excluding carboxylic acids is 1. The fraction of sp³-hybridized carbons (Fsp3) is 0.133. The maximum absolute atomic E-state index is 12.2. The Balaban J connectivity index is 2.23. The van der Waals surface area contributed by atoms with E-state index in [1.165, 1.54) is 11.8 Å². The molecule has 19 heavy (non-hydrogen) atoms. The van der Waals surface area contributed by atoms with E-state index in [1.54, 1.807) is 32.4 Å². The molecule has 0 heterocycles. The monoisotopic (exact) mass is 274 g/mol. The van der Waals surface area contributed by atoms with Gasteiger partial charge in [0.15, 0.2) is 0 Å². The maximum atomic E-state index is 12.2. The van der Waals surface area contributed by atoms with E-state index in [-0.39, 0.29) is 5.12 Å². The van der Waals surface area contributed by atoms with Crippen LogP contribution in [0.4, 0.5) is 0 Å². The molecule has 2 aromatic carbocycles. The van der Waals surface area contributed by atoms with Gasteiger partial charge in [-0.2, -0.15) is 0 Å². The highest BCUT2D eigenvalue weighted by Crippen LogP contribution is 2.28. The molecule has 0 unspecified atom stereocenters. The summed E-state index contributed by atoms with van der Waals surface area (Å²) in [5.41, 5.74) is 0.560. The van der Waals surface area contributed by atoms with Crippen LogP contribution in [0.1, 0.15) is 10.4 Å². The number of carbonyl (C=O) groups is 1. The minimum atomic E-state index is -0.0385. The van der Waals surface area contributed by atoms with E-state index in [9.17, 15) is 4.79 Å². The fourth-order valence-electron chi connectivity index (χ4n) is 1.58. The van der Waals surface area contributed by atoms with Gasteiger partial charge in [-0.3, -0.25) is 4.79 Å². The number of hydrogen-bond donors (Lipinski definition) is 0. The average Bonchev–Trinajstić information content (AvgIpc) is 2.47. The second-order valence-electron chi connectivity index (χ2n) is 3.80. The molecule has 0 saturated heterocycles. The van der Waals surface area contributed by atoms with Crippen molar-refractivity contribution in [3.8, 4) is 11.5 Å². The molecule has 98 valence electrons. The number of rotatable bonds is 4. The zero-order chi connectivity index (χ0) is 13.7. The van der Waals surface area contributed by atoms with Gasteiger partial charge in [-0.05, 0) is 36.0 Å². The van der Waals surface area contributed by atoms with Gasteiger partial charge in [0, 0.05) is 16.5 Å². The van der Waals surface area contributed by atoms with Gasteiger partial charge in [0.25, 0.3) is 0 Å². The Bertz CT molecular complexity index is 545. The predicted molar refractivity (Wildman–Crippen MR) is 76.2 cm³/mol. The Morgan fingerprint density at radius 3 is 2.05 bits per heavy atom. The van der Waals surface area contributed by atoms with Gasteiger partial charge in [-0.25, -0.2) is 0 Å². The first-order chi connectivity index (χ1) is 9.22. The van der Waals surface area contributed by atoms with Crippen LogP contribution >= 0.6 is 11.8 Å². The van der Waals surface area contributed by atoms with Gasteiger partial charge in [0.1, 0.15) is 11.5 Å². The van der Waals surface area contributed by atoms with Gasteiger partial charge in [0.05, 0.1) is 14.2 Å². The molecule has 0 aliphatic rings. The molecule has 2 aromatic rings. The van der Waals surface area contributed by atoms with Crippen molar-refractivity contribution in [1.29, 1.82) is 0 Å². The summed E-state index contributed by atoms with van der Waals surface area (Å²) in [6, 6.07) is 14.7. The molecule has 0 spiro atoms. The van der Waals surface area contributed by atoms with Crippen LogP contribution in [0.15, 0.2) is 53.4 Å². The van der Waals surface area contributed by atoms with Crippen molar-refractivity contribution < 1.29 is 14.3 Å². The molecule has 0 radical (unpaired) electrons. The zero-order valence-corrected chi connectivity index (χ0v) is 11.6. The van der Waals surface area contributed by atoms with Gasteiger partial charge < -0.3 is 9.47 Å². The van der Waals surface area contributed by atoms with Crippen molar-refractivity contribution in [2.75, 3.05) is 14.2 Å². The van der Waals surface area contributed by atoms with Crippen LogP contribution in [-0.2, 0) is 0 Å². The molecule has 4 heteroatoms. The molecule has 0 fully saturated rings. The third kappa shape index (κ3) is 3.51. The van der Waals surface area contributed by atoms with Crippen LogP contribution in [0.5, 0.6) is 11.5 Å². The van der Waals surface area contributed by atoms with Crippen molar-refractivity contribution in [2.45, 2.75) is 4.90 Å². The first kappa shape index (κ1) is 13.5. The number of methoxy groups -OCH3 is 2. The lowest BCUT2D eigenvalue weighted by Crippen LogP contribution is -1.96. The SMILES string of the molecule is COc1cc(OC)cc(C(=O)Sc2ccccc2)c1. The van der Waals surface area contributed by atoms with Gasteiger partial charge >= 0.3 is 0 Å². The molecular weight excluding hydrogens is 260 g/mol. The smallest absolute Gasteiger partial charge is 0.224 e. The summed E-state index contributed by atoms with van der Waals surface area (Å²) in [6.07, 6.45) is 0. The second kappa shape index (κ2) is 6.29. The Morgan fingerprint density at radius 1 is 0.947 bits per heavy atom. The van der Waals surface area contributed by atoms with Crippen molar-refractivity contribution in [3.05, 3.63) is 54.1 Å². The maximum Gasteiger partial charge on any atom is 0.224 e. The summed E-state index contributed by atoms with van der Waals surface area (Å²) in [6.45, 7) is 0. The molecule has 0 aliphatic heterocycles. The second-order valence-corrected chi connectivity index (χ2v) is 4.85. The number of benzene rings is 2. The van der Waals surface area contributed by atoms with Crippen LogP contribution in [0.25, 0.3) is 0 Å². The molecular formula is C15H14O3S. The lowest BCUT2D eigenvalue weighted by molar-refractivity contribution is 0.108. The van der Waals surface area contributed by atoms with E-state index in [0.29, 0.717) is 17.1 Å². The molecule has 0 N–H and O–H groups in total. The Kier molecular flexibility index (Phi) is 4.47. The summed E-state index contributed by atoms with van der Waals surface area (Å²) >= 11 is 1.19. The molecule has 0 atom stereocenters. The van der Waals surface area contributed by atoms with Gasteiger partial charge in [-0.15, -0.1) is 0 Å². The molecule has 2 rings (SSSR count). The lowest BCUT2D eigenvalue weighted by atomic mass is 10.2. The summed E-state index contributed by atoms with van der Waals surface area (Å²) in [4.78, 5) is 13.1. The van der Waals surface area contributed by atoms with Crippen LogP contribution < -0.4 is 9.47 Å². The summed E-state index contributed by atoms with van der Waals surface area (Å²) < 4.78 is 10.3. The first-order valence-corrected chi connectivity index (χ1v) is 6.55. The van der Waals surface area contributed by atoms with E-state index in [0.717, 1.165) is 4.90 Å². The van der Waals surface area contributed by atoms with E-state index >= 15 is 0 Å². The minimum absolute atomic E-state index is 0.0385. The molecule has 0 bridgehead atoms. The third-order valence-electron chi connectivity index (χ3n) is 2.54. The highest BCUT2D eigenvalue weighted by molar-refractivity contribution is 8.14. The lowest BCUT2D eigenvalue weighted by Gasteiger charge is -2.07. The van der Waals surface area contributed by atoms with Crippen molar-refractivity contribution in [3.63, 3.8) is 0 Å². The third-order valence-corrected chi connectivity index (χ3v) is 3.47. The van der Waals surface area contributed by atoms with E-state index < -0.39 is 0 Å². The predicted octanol–water partition coefficient (Wildman–Crippen LogP) is 3.64. The van der Waals surface area contributed by atoms with E-state index in [2.05, 4.69) is 0 Å². The van der Waals surface area contributed by atoms with Crippen LogP contribution in [-0.4, -0.2) is 19.3 Å². The summed E-state index contributed by atoms with van der Waals surface area (Å²) in [5, 5.41) is -0.0385. The van der Waals surface area contributed by atoms with Crippen molar-refractivity contribution >= 4 is 16.9 Å². The minimum Gasteiger partial charge on any atom is -0.497 e. The normalized spacial score (nSPS) is 10.0. The van der Waals surface area contributed by atoms with Crippen LogP contribution in [0.3, 0.4) is 0 Å². The average molecular weight is 274 g/mol. The topological polar surface area (TPSA) is 35.5 Å². The Hall–Kier alpha value is -1.94. The van der Waals surface area contributed by atoms with Gasteiger partial charge in [0.2, 0.25) is 5.12 Å². The number of hydrogen-bond acceptors (Lipinski definition) is 4. The Morgan fingerprint density at radius 2 is 1.53 bits per heavy atom. The molecule has 0 aliphatic carbocycles. The van der Waals surface area contributed by atoms with E-state index in [4.69, 9.17) is 9.47 Å². The molecule has 0 saturated carbocycles. The Labute approximate surface area is 116 Å². The van der Waals surface area contributed by atoms with E-state index in [1.807, 2.05) is 30.3 Å². The quantitative estimate of drug-likeness (QED) is 0.797. The van der Waals surface area contributed by atoms with Crippen LogP contribution in [0.2, 0.25) is 0 Å². The molecule has 0 aromatic heterocycles.